The second kappa shape index (κ2) is 42.6. The van der Waals surface area contributed by atoms with E-state index >= 15 is 0 Å². The van der Waals surface area contributed by atoms with Crippen LogP contribution >= 0.6 is 0 Å². The number of carbonyl (C=O) groups excluding carboxylic acids is 11. The Hall–Kier alpha value is -8.15. The molecule has 0 unspecified atom stereocenters. The zero-order valence-corrected chi connectivity index (χ0v) is 49.5. The minimum absolute atomic E-state index is 0.0686. The molecule has 0 radical (unpaired) electrons. The predicted octanol–water partition coefficient (Wildman–Crippen LogP) is -6.96. The molecule has 0 bridgehead atoms. The molecule has 0 saturated carbocycles. The summed E-state index contributed by atoms with van der Waals surface area (Å²) in [6.07, 6.45) is -3.04. The fraction of sp³-hybridized carbons (Fsp3) is 0.712. The summed E-state index contributed by atoms with van der Waals surface area (Å²) in [6, 6.07) is -16.5. The van der Waals surface area contributed by atoms with Gasteiger partial charge in [-0.15, -0.1) is 0 Å². The van der Waals surface area contributed by atoms with Gasteiger partial charge in [0.05, 0.1) is 26.0 Å². The number of aliphatic hydroxyl groups excluding tert-OH is 1. The van der Waals surface area contributed by atoms with Gasteiger partial charge in [0.25, 0.3) is 0 Å². The van der Waals surface area contributed by atoms with Gasteiger partial charge in [0, 0.05) is 12.8 Å². The van der Waals surface area contributed by atoms with Crippen molar-refractivity contribution in [3.8, 4) is 0 Å². The van der Waals surface area contributed by atoms with Gasteiger partial charge < -0.3 is 107 Å². The smallest absolute Gasteiger partial charge is 0.326 e. The number of hydrogen-bond acceptors (Lipinski definition) is 20. The number of carboxylic acids is 4. The van der Waals surface area contributed by atoms with Crippen LogP contribution in [0.5, 0.6) is 0 Å². The number of amides is 11. The van der Waals surface area contributed by atoms with Gasteiger partial charge in [-0.3, -0.25) is 67.1 Å². The quantitative estimate of drug-likeness (QED) is 0.0252. The zero-order chi connectivity index (χ0) is 66.5. The normalized spacial score (nSPS) is 14.5. The molecule has 11 amide bonds. The van der Waals surface area contributed by atoms with Crippen molar-refractivity contribution in [2.24, 2.45) is 40.5 Å². The molecule has 0 aromatic rings. The van der Waals surface area contributed by atoms with Crippen LogP contribution in [0.1, 0.15) is 130 Å². The lowest BCUT2D eigenvalue weighted by Gasteiger charge is -2.29. The van der Waals surface area contributed by atoms with Gasteiger partial charge in [-0.1, -0.05) is 27.7 Å². The van der Waals surface area contributed by atoms with E-state index in [2.05, 4.69) is 47.9 Å². The van der Waals surface area contributed by atoms with Crippen LogP contribution in [0.3, 0.4) is 0 Å². The molecule has 10 atom stereocenters. The Balaban J connectivity index is 6.85. The molecule has 25 N–H and O–H groups in total. The molecule has 0 aliphatic heterocycles. The fourth-order valence-corrected chi connectivity index (χ4v) is 8.25. The molecule has 494 valence electrons. The zero-order valence-electron chi connectivity index (χ0n) is 49.5. The summed E-state index contributed by atoms with van der Waals surface area (Å²) in [4.78, 5) is 195. The Morgan fingerprint density at radius 3 is 1.05 bits per heavy atom. The highest BCUT2D eigenvalue weighted by Gasteiger charge is 2.37. The van der Waals surface area contributed by atoms with Crippen molar-refractivity contribution >= 4 is 88.9 Å². The molecule has 0 aliphatic rings. The summed E-state index contributed by atoms with van der Waals surface area (Å²) in [5.41, 5.74) is 27.7. The number of carbonyl (C=O) groups is 15. The van der Waals surface area contributed by atoms with Crippen molar-refractivity contribution in [3.05, 3.63) is 0 Å². The number of aliphatic hydroxyl groups is 1. The number of nitrogens with two attached hydrogens (primary N) is 5. The third-order valence-corrected chi connectivity index (χ3v) is 12.9. The van der Waals surface area contributed by atoms with Crippen molar-refractivity contribution in [2.45, 2.75) is 191 Å². The molecule has 0 spiro atoms. The van der Waals surface area contributed by atoms with Crippen molar-refractivity contribution in [1.82, 2.24) is 53.2 Å². The van der Waals surface area contributed by atoms with Gasteiger partial charge in [-0.05, 0) is 109 Å². The average Bonchev–Trinajstić information content (AvgIpc) is 2.99. The first-order valence-corrected chi connectivity index (χ1v) is 28.5. The number of carboxylic acid groups (broad SMARTS) is 4. The first-order chi connectivity index (χ1) is 40.8. The number of hydrogen-bond donors (Lipinski definition) is 20. The fourth-order valence-electron chi connectivity index (χ4n) is 8.25. The number of aliphatic carboxylic acids is 4. The molecular formula is C52H91N15O20. The maximum absolute atomic E-state index is 14.1. The first-order valence-electron chi connectivity index (χ1n) is 28.5. The molecule has 0 aromatic carbocycles. The lowest BCUT2D eigenvalue weighted by atomic mass is 10.00. The van der Waals surface area contributed by atoms with E-state index in [1.807, 2.05) is 5.32 Å². The second-order valence-electron chi connectivity index (χ2n) is 21.2. The lowest BCUT2D eigenvalue weighted by molar-refractivity contribution is -0.147. The topological polar surface area (TPSA) is 608 Å². The molecule has 35 nitrogen and oxygen atoms in total. The van der Waals surface area contributed by atoms with Crippen LogP contribution in [0.15, 0.2) is 0 Å². The maximum Gasteiger partial charge on any atom is 0.326 e. The largest absolute Gasteiger partial charge is 0.481 e. The van der Waals surface area contributed by atoms with Crippen LogP contribution in [-0.4, -0.2) is 208 Å². The van der Waals surface area contributed by atoms with Gasteiger partial charge in [0.2, 0.25) is 65.0 Å². The minimum atomic E-state index is -1.94. The molecule has 0 aromatic heterocycles. The molecule has 0 rings (SSSR count). The second-order valence-corrected chi connectivity index (χ2v) is 21.2. The van der Waals surface area contributed by atoms with Crippen LogP contribution in [-0.2, 0) is 71.9 Å². The average molecular weight is 1250 g/mol. The lowest BCUT2D eigenvalue weighted by Crippen LogP contribution is -2.61. The SMILES string of the molecule is CC(C)C[C@H](NC(=O)[C@H](CCC(=O)O)NC(=O)[C@H](CC(N)=O)NC(=O)[C@@H](NC(=O)[C@H](CCCCN)NC(=O)[C@H](CCC(=O)O)NC(=O)[C@H](CCCCN)NC(=O)CN)C(C)C)C(=O)N[C@@H](CO)C(=O)N[C@@H](CCCCN)C(=O)N[C@@H](CC(=O)O)C(=O)O. The molecule has 0 heterocycles. The number of unbranched alkanes of at least 4 members (excludes halogenated alkanes) is 3. The molecular weight excluding hydrogens is 1150 g/mol. The summed E-state index contributed by atoms with van der Waals surface area (Å²) in [6.45, 7) is 5.16. The Kier molecular flexibility index (Phi) is 38.6. The van der Waals surface area contributed by atoms with Crippen molar-refractivity contribution in [2.75, 3.05) is 32.8 Å². The summed E-state index contributed by atoms with van der Waals surface area (Å²) >= 11 is 0. The van der Waals surface area contributed by atoms with Gasteiger partial charge in [0.1, 0.15) is 60.4 Å². The molecule has 87 heavy (non-hydrogen) atoms. The Morgan fingerprint density at radius 1 is 0.368 bits per heavy atom. The van der Waals surface area contributed by atoms with E-state index in [4.69, 9.17) is 33.8 Å². The van der Waals surface area contributed by atoms with Gasteiger partial charge >= 0.3 is 23.9 Å². The van der Waals surface area contributed by atoms with Gasteiger partial charge in [-0.2, -0.15) is 0 Å². The molecule has 0 fully saturated rings. The number of primary amides is 1. The number of nitrogens with one attached hydrogen (secondary N) is 10. The highest BCUT2D eigenvalue weighted by Crippen LogP contribution is 2.13. The highest BCUT2D eigenvalue weighted by atomic mass is 16.4. The Bertz CT molecular complexity index is 2350. The monoisotopic (exact) mass is 1250 g/mol. The molecule has 0 saturated heterocycles. The standard InChI is InChI=1S/C52H91N15O20/c1-26(2)21-33(48(82)66-36(25-68)50(84)60-29(12-6-9-19-54)44(78)65-35(52(86)87)23-41(75)76)63-46(80)32(15-17-40(73)74)62-49(83)34(22-37(57)69)64-51(85)42(27(3)4)67-47(81)30(13-7-10-20-55)59-45(79)31(14-16-39(71)72)61-43(77)28(11-5-8-18-53)58-38(70)24-56/h26-36,42,68H,5-25,53-56H2,1-4H3,(H2,57,69)(H,58,70)(H,59,79)(H,60,84)(H,61,77)(H,62,83)(H,63,80)(H,64,85)(H,65,78)(H,66,82)(H,67,81)(H,71,72)(H,73,74)(H,75,76)(H,86,87)/t28-,29-,30-,31-,32-,33-,34-,35-,36-,42-/m0/s1. The molecule has 35 heteroatoms. The van der Waals surface area contributed by atoms with E-state index in [-0.39, 0.29) is 58.2 Å². The van der Waals surface area contributed by atoms with Gasteiger partial charge in [-0.25, -0.2) is 4.79 Å². The minimum Gasteiger partial charge on any atom is -0.481 e. The summed E-state index contributed by atoms with van der Waals surface area (Å²) in [5.74, 6) is -19.1. The van der Waals surface area contributed by atoms with Crippen LogP contribution in [0, 0.1) is 11.8 Å². The summed E-state index contributed by atoms with van der Waals surface area (Å²) < 4.78 is 0. The van der Waals surface area contributed by atoms with Crippen LogP contribution < -0.4 is 81.8 Å². The van der Waals surface area contributed by atoms with E-state index in [9.17, 15) is 92.3 Å². The molecule has 0 aliphatic carbocycles. The van der Waals surface area contributed by atoms with E-state index in [1.54, 1.807) is 13.8 Å². The highest BCUT2D eigenvalue weighted by molar-refractivity contribution is 6.00. The maximum atomic E-state index is 14.1. The summed E-state index contributed by atoms with van der Waals surface area (Å²) in [7, 11) is 0. The predicted molar refractivity (Wildman–Crippen MR) is 306 cm³/mol. The Morgan fingerprint density at radius 2 is 0.701 bits per heavy atom. The van der Waals surface area contributed by atoms with Crippen molar-refractivity contribution in [3.63, 3.8) is 0 Å². The van der Waals surface area contributed by atoms with Gasteiger partial charge in [0.15, 0.2) is 0 Å². The summed E-state index contributed by atoms with van der Waals surface area (Å²) in [5, 5.41) is 71.2. The number of rotatable bonds is 47. The van der Waals surface area contributed by atoms with E-state index in [0.29, 0.717) is 25.7 Å². The van der Waals surface area contributed by atoms with Crippen LogP contribution in [0.2, 0.25) is 0 Å². The van der Waals surface area contributed by atoms with E-state index < -0.39 is 213 Å². The van der Waals surface area contributed by atoms with Crippen LogP contribution in [0.25, 0.3) is 0 Å². The van der Waals surface area contributed by atoms with Crippen LogP contribution in [0.4, 0.5) is 0 Å². The third kappa shape index (κ3) is 32.8. The van der Waals surface area contributed by atoms with Crippen molar-refractivity contribution < 1.29 is 97.5 Å². The van der Waals surface area contributed by atoms with Crippen molar-refractivity contribution in [1.29, 1.82) is 0 Å². The third-order valence-electron chi connectivity index (χ3n) is 12.9. The van der Waals surface area contributed by atoms with E-state index in [0.717, 1.165) is 0 Å². The van der Waals surface area contributed by atoms with E-state index in [1.165, 1.54) is 13.8 Å². The Labute approximate surface area is 502 Å². The first kappa shape index (κ1) is 78.8.